The Labute approximate surface area is 157 Å². The van der Waals surface area contributed by atoms with Crippen molar-refractivity contribution in [3.05, 3.63) is 34.9 Å². The van der Waals surface area contributed by atoms with E-state index in [4.69, 9.17) is 16.3 Å². The van der Waals surface area contributed by atoms with Crippen molar-refractivity contribution in [3.8, 4) is 0 Å². The molecule has 1 aromatic carbocycles. The zero-order valence-electron chi connectivity index (χ0n) is 13.7. The number of hydrogen-bond donors (Lipinski definition) is 0. The molecule has 1 saturated heterocycles. The minimum absolute atomic E-state index is 0.0347. The number of hydrazone groups is 1. The number of halogens is 10. The summed E-state index contributed by atoms with van der Waals surface area (Å²) < 4.78 is 125. The summed E-state index contributed by atoms with van der Waals surface area (Å²) in [4.78, 5) is 0. The maximum Gasteiger partial charge on any atom is 0.460 e. The van der Waals surface area contributed by atoms with Crippen molar-refractivity contribution in [1.82, 2.24) is 5.01 Å². The molecule has 0 atom stereocenters. The second kappa shape index (κ2) is 7.62. The third-order valence-corrected chi connectivity index (χ3v) is 4.00. The van der Waals surface area contributed by atoms with Gasteiger partial charge < -0.3 is 4.74 Å². The summed E-state index contributed by atoms with van der Waals surface area (Å²) in [5.41, 5.74) is -2.80. The molecule has 0 bridgehead atoms. The number of rotatable bonds is 5. The van der Waals surface area contributed by atoms with Crippen molar-refractivity contribution in [3.63, 3.8) is 0 Å². The van der Waals surface area contributed by atoms with Crippen LogP contribution in [0.5, 0.6) is 0 Å². The third-order valence-electron chi connectivity index (χ3n) is 3.77. The fourth-order valence-corrected chi connectivity index (χ4v) is 2.45. The van der Waals surface area contributed by atoms with Crippen LogP contribution in [0.3, 0.4) is 0 Å². The Morgan fingerprint density at radius 2 is 1.50 bits per heavy atom. The summed E-state index contributed by atoms with van der Waals surface area (Å²) in [5.74, 6) is -19.8. The zero-order chi connectivity index (χ0) is 21.4. The van der Waals surface area contributed by atoms with Crippen molar-refractivity contribution >= 4 is 17.3 Å². The van der Waals surface area contributed by atoms with Gasteiger partial charge in [-0.15, -0.1) is 0 Å². The molecular weight excluding hydrogens is 431 g/mol. The maximum absolute atomic E-state index is 14.5. The molecule has 1 heterocycles. The van der Waals surface area contributed by atoms with E-state index in [0.717, 1.165) is 23.2 Å². The molecule has 0 radical (unpaired) electrons. The molecule has 0 aromatic heterocycles. The molecule has 158 valence electrons. The second-order valence-electron chi connectivity index (χ2n) is 5.75. The average molecular weight is 443 g/mol. The molecule has 1 aliphatic rings. The number of ether oxygens (including phenoxy) is 1. The summed E-state index contributed by atoms with van der Waals surface area (Å²) in [6.07, 6.45) is -6.92. The second-order valence-corrected chi connectivity index (χ2v) is 6.18. The maximum atomic E-state index is 14.5. The van der Waals surface area contributed by atoms with Crippen LogP contribution in [0.15, 0.2) is 29.4 Å². The molecule has 28 heavy (non-hydrogen) atoms. The van der Waals surface area contributed by atoms with Gasteiger partial charge in [-0.25, -0.2) is 0 Å². The highest BCUT2D eigenvalue weighted by atomic mass is 35.5. The summed E-state index contributed by atoms with van der Waals surface area (Å²) in [6, 6.07) is 3.69. The SMILES string of the molecule is FC(F)(F)C(F)(F)C(F)(F)C(F)(F)/C(=N/N1CCOCC1)c1cccc(Cl)c1. The first kappa shape index (κ1) is 22.6. The Hall–Kier alpha value is -1.69. The molecule has 0 saturated carbocycles. The molecule has 0 N–H and O–H groups in total. The molecule has 0 spiro atoms. The Morgan fingerprint density at radius 1 is 0.929 bits per heavy atom. The minimum Gasteiger partial charge on any atom is -0.378 e. The summed E-state index contributed by atoms with van der Waals surface area (Å²) >= 11 is 5.61. The highest BCUT2D eigenvalue weighted by Gasteiger charge is 2.83. The van der Waals surface area contributed by atoms with Gasteiger partial charge in [0, 0.05) is 10.6 Å². The van der Waals surface area contributed by atoms with E-state index < -0.39 is 35.2 Å². The minimum atomic E-state index is -7.02. The standard InChI is InChI=1S/C15H12ClF9N2O/c16-10-3-1-2-9(8-10)11(26-27-4-6-28-7-5-27)12(17,18)13(19,20)14(21,22)15(23,24)25/h1-3,8H,4-7H2/b26-11+. The Kier molecular flexibility index (Phi) is 6.15. The molecule has 0 amide bonds. The lowest BCUT2D eigenvalue weighted by Gasteiger charge is -2.35. The van der Waals surface area contributed by atoms with Crippen molar-refractivity contribution in [1.29, 1.82) is 0 Å². The van der Waals surface area contributed by atoms with Crippen molar-refractivity contribution in [2.75, 3.05) is 26.3 Å². The predicted octanol–water partition coefficient (Wildman–Crippen LogP) is 4.84. The molecule has 0 unspecified atom stereocenters. The van der Waals surface area contributed by atoms with E-state index in [-0.39, 0.29) is 31.3 Å². The molecule has 1 fully saturated rings. The van der Waals surface area contributed by atoms with Gasteiger partial charge in [0.05, 0.1) is 26.3 Å². The van der Waals surface area contributed by atoms with Crippen LogP contribution in [0.2, 0.25) is 5.02 Å². The highest BCUT2D eigenvalue weighted by Crippen LogP contribution is 2.54. The third kappa shape index (κ3) is 4.02. The lowest BCUT2D eigenvalue weighted by molar-refractivity contribution is -0.384. The van der Waals surface area contributed by atoms with Crippen molar-refractivity contribution in [2.24, 2.45) is 5.10 Å². The average Bonchev–Trinajstić information content (AvgIpc) is 2.59. The van der Waals surface area contributed by atoms with Crippen LogP contribution >= 0.6 is 11.6 Å². The quantitative estimate of drug-likeness (QED) is 0.481. The van der Waals surface area contributed by atoms with Gasteiger partial charge in [-0.1, -0.05) is 23.7 Å². The van der Waals surface area contributed by atoms with Crippen LogP contribution in [-0.2, 0) is 4.74 Å². The smallest absolute Gasteiger partial charge is 0.378 e. The van der Waals surface area contributed by atoms with Gasteiger partial charge in [-0.05, 0) is 12.1 Å². The Bertz CT molecular complexity index is 730. The first-order valence-electron chi connectivity index (χ1n) is 7.59. The van der Waals surface area contributed by atoms with Gasteiger partial charge in [0.25, 0.3) is 0 Å². The van der Waals surface area contributed by atoms with Crippen LogP contribution in [0.1, 0.15) is 5.56 Å². The van der Waals surface area contributed by atoms with Gasteiger partial charge in [0.2, 0.25) is 0 Å². The lowest BCUT2D eigenvalue weighted by atomic mass is 9.95. The van der Waals surface area contributed by atoms with E-state index in [9.17, 15) is 39.5 Å². The topological polar surface area (TPSA) is 24.8 Å². The first-order chi connectivity index (χ1) is 12.7. The number of morpholine rings is 1. The molecule has 3 nitrogen and oxygen atoms in total. The van der Waals surface area contributed by atoms with E-state index in [1.165, 1.54) is 0 Å². The van der Waals surface area contributed by atoms with E-state index in [1.54, 1.807) is 0 Å². The fraction of sp³-hybridized carbons (Fsp3) is 0.533. The molecule has 0 aliphatic carbocycles. The van der Waals surface area contributed by atoms with Crippen molar-refractivity contribution in [2.45, 2.75) is 23.9 Å². The van der Waals surface area contributed by atoms with Gasteiger partial charge in [0.1, 0.15) is 5.71 Å². The van der Waals surface area contributed by atoms with Crippen LogP contribution in [0.4, 0.5) is 39.5 Å². The number of hydrogen-bond acceptors (Lipinski definition) is 3. The predicted molar refractivity (Wildman–Crippen MR) is 81.3 cm³/mol. The number of benzene rings is 1. The van der Waals surface area contributed by atoms with Crippen LogP contribution in [0, 0.1) is 0 Å². The summed E-state index contributed by atoms with van der Waals surface area (Å²) in [6.45, 7) is -0.400. The Morgan fingerprint density at radius 3 is 2.00 bits per heavy atom. The summed E-state index contributed by atoms with van der Waals surface area (Å²) in [5, 5.41) is 3.83. The normalized spacial score (nSPS) is 17.8. The molecule has 1 aromatic rings. The van der Waals surface area contributed by atoms with E-state index in [0.29, 0.717) is 6.07 Å². The van der Waals surface area contributed by atoms with E-state index >= 15 is 0 Å². The molecular formula is C15H12ClF9N2O. The lowest BCUT2D eigenvalue weighted by Crippen LogP contribution is -2.63. The van der Waals surface area contributed by atoms with Crippen LogP contribution in [-0.4, -0.2) is 61.0 Å². The molecule has 13 heteroatoms. The first-order valence-corrected chi connectivity index (χ1v) is 7.97. The van der Waals surface area contributed by atoms with Crippen LogP contribution < -0.4 is 0 Å². The van der Waals surface area contributed by atoms with Gasteiger partial charge in [0.15, 0.2) is 0 Å². The summed E-state index contributed by atoms with van der Waals surface area (Å²) in [7, 11) is 0. The van der Waals surface area contributed by atoms with Crippen LogP contribution in [0.25, 0.3) is 0 Å². The van der Waals surface area contributed by atoms with Gasteiger partial charge in [-0.2, -0.15) is 44.6 Å². The number of alkyl halides is 9. The monoisotopic (exact) mass is 442 g/mol. The van der Waals surface area contributed by atoms with Crippen molar-refractivity contribution < 1.29 is 44.3 Å². The van der Waals surface area contributed by atoms with E-state index in [1.807, 2.05) is 0 Å². The molecule has 1 aliphatic heterocycles. The van der Waals surface area contributed by atoms with E-state index in [2.05, 4.69) is 5.10 Å². The zero-order valence-corrected chi connectivity index (χ0v) is 14.5. The molecule has 2 rings (SSSR count). The Balaban J connectivity index is 2.62. The fourth-order valence-electron chi connectivity index (χ4n) is 2.26. The van der Waals surface area contributed by atoms with Gasteiger partial charge in [-0.3, -0.25) is 5.01 Å². The largest absolute Gasteiger partial charge is 0.460 e. The number of nitrogens with zero attached hydrogens (tertiary/aromatic N) is 2. The van der Waals surface area contributed by atoms with Gasteiger partial charge >= 0.3 is 23.9 Å². The highest BCUT2D eigenvalue weighted by molar-refractivity contribution is 6.31.